The molecule has 106 valence electrons. The number of benzene rings is 1. The molecule has 1 aromatic carbocycles. The van der Waals surface area contributed by atoms with Gasteiger partial charge in [-0.3, -0.25) is 4.79 Å². The summed E-state index contributed by atoms with van der Waals surface area (Å²) in [6.07, 6.45) is 1.88. The third kappa shape index (κ3) is 2.54. The average Bonchev–Trinajstić information content (AvgIpc) is 2.81. The van der Waals surface area contributed by atoms with Crippen molar-refractivity contribution in [3.63, 3.8) is 0 Å². The number of hydrogen-bond acceptors (Lipinski definition) is 3. The number of carbonyl (C=O) groups is 1. The van der Waals surface area contributed by atoms with E-state index in [1.165, 1.54) is 5.56 Å². The van der Waals surface area contributed by atoms with E-state index in [9.17, 15) is 4.79 Å². The van der Waals surface area contributed by atoms with Crippen LogP contribution in [-0.2, 0) is 16.1 Å². The van der Waals surface area contributed by atoms with Gasteiger partial charge in [0.1, 0.15) is 0 Å². The summed E-state index contributed by atoms with van der Waals surface area (Å²) in [4.78, 5) is 17.7. The molecule has 1 amide bonds. The van der Waals surface area contributed by atoms with Crippen molar-refractivity contribution in [3.8, 4) is 0 Å². The highest BCUT2D eigenvalue weighted by Crippen LogP contribution is 2.16. The number of rotatable bonds is 2. The van der Waals surface area contributed by atoms with Crippen LogP contribution in [0.3, 0.4) is 0 Å². The zero-order valence-electron chi connectivity index (χ0n) is 11.9. The molecule has 5 nitrogen and oxygen atoms in total. The number of carbonyl (C=O) groups excluding carboxylic acids is 1. The first kappa shape index (κ1) is 13.1. The minimum absolute atomic E-state index is 0.0337. The van der Waals surface area contributed by atoms with Crippen LogP contribution in [0.2, 0.25) is 0 Å². The molecule has 0 N–H and O–H groups in total. The summed E-state index contributed by atoms with van der Waals surface area (Å²) >= 11 is 0. The van der Waals surface area contributed by atoms with Gasteiger partial charge in [0.2, 0.25) is 5.91 Å². The molecule has 0 saturated carbocycles. The maximum atomic E-state index is 11.4. The first-order valence-corrected chi connectivity index (χ1v) is 6.92. The van der Waals surface area contributed by atoms with Crippen LogP contribution in [0.4, 0.5) is 0 Å². The van der Waals surface area contributed by atoms with Crippen molar-refractivity contribution in [1.82, 2.24) is 14.5 Å². The number of fused-ring (bicyclic) bond motifs is 1. The lowest BCUT2D eigenvalue weighted by Crippen LogP contribution is -2.46. The average molecular weight is 273 g/mol. The van der Waals surface area contributed by atoms with E-state index in [1.54, 1.807) is 6.92 Å². The number of aryl methyl sites for hydroxylation is 1. The van der Waals surface area contributed by atoms with Gasteiger partial charge in [0, 0.05) is 20.0 Å². The monoisotopic (exact) mass is 273 g/mol. The molecule has 1 atom stereocenters. The van der Waals surface area contributed by atoms with Crippen molar-refractivity contribution in [2.45, 2.75) is 26.5 Å². The minimum Gasteiger partial charge on any atom is -0.373 e. The van der Waals surface area contributed by atoms with Gasteiger partial charge in [-0.1, -0.05) is 6.07 Å². The van der Waals surface area contributed by atoms with Crippen molar-refractivity contribution in [1.29, 1.82) is 0 Å². The third-order valence-electron chi connectivity index (χ3n) is 3.76. The molecule has 0 spiro atoms. The Hall–Kier alpha value is -1.88. The highest BCUT2D eigenvalue weighted by atomic mass is 16.5. The summed E-state index contributed by atoms with van der Waals surface area (Å²) < 4.78 is 7.86. The molecule has 1 fully saturated rings. The maximum Gasteiger partial charge on any atom is 0.219 e. The molecule has 1 saturated heterocycles. The molecule has 2 heterocycles. The summed E-state index contributed by atoms with van der Waals surface area (Å²) in [7, 11) is 0. The molecule has 1 aliphatic heterocycles. The molecule has 2 aromatic rings. The Labute approximate surface area is 118 Å². The van der Waals surface area contributed by atoms with E-state index in [2.05, 4.69) is 34.7 Å². The second kappa shape index (κ2) is 5.25. The van der Waals surface area contributed by atoms with Gasteiger partial charge in [-0.05, 0) is 24.6 Å². The second-order valence-electron chi connectivity index (χ2n) is 5.35. The van der Waals surface area contributed by atoms with Gasteiger partial charge in [0.05, 0.1) is 36.6 Å². The third-order valence-corrected chi connectivity index (χ3v) is 3.76. The predicted octanol–water partition coefficient (Wildman–Crippen LogP) is 1.59. The van der Waals surface area contributed by atoms with Crippen LogP contribution < -0.4 is 0 Å². The summed E-state index contributed by atoms with van der Waals surface area (Å²) in [5, 5.41) is 0. The second-order valence-corrected chi connectivity index (χ2v) is 5.35. The van der Waals surface area contributed by atoms with Gasteiger partial charge in [-0.15, -0.1) is 0 Å². The smallest absolute Gasteiger partial charge is 0.219 e. The van der Waals surface area contributed by atoms with E-state index in [-0.39, 0.29) is 12.0 Å². The number of morpholine rings is 1. The number of aromatic nitrogens is 2. The van der Waals surface area contributed by atoms with Gasteiger partial charge in [-0.25, -0.2) is 4.98 Å². The van der Waals surface area contributed by atoms with Crippen molar-refractivity contribution < 1.29 is 9.53 Å². The first-order chi connectivity index (χ1) is 9.63. The van der Waals surface area contributed by atoms with Gasteiger partial charge in [-0.2, -0.15) is 0 Å². The van der Waals surface area contributed by atoms with E-state index in [0.717, 1.165) is 17.6 Å². The van der Waals surface area contributed by atoms with Crippen LogP contribution in [0.25, 0.3) is 11.0 Å². The van der Waals surface area contributed by atoms with E-state index >= 15 is 0 Å². The van der Waals surface area contributed by atoms with Crippen LogP contribution >= 0.6 is 0 Å². The molecule has 0 bridgehead atoms. The Morgan fingerprint density at radius 3 is 3.15 bits per heavy atom. The Balaban J connectivity index is 1.77. The van der Waals surface area contributed by atoms with Crippen molar-refractivity contribution in [3.05, 3.63) is 30.1 Å². The van der Waals surface area contributed by atoms with Crippen LogP contribution in [0.5, 0.6) is 0 Å². The normalized spacial score (nSPS) is 19.5. The van der Waals surface area contributed by atoms with Crippen molar-refractivity contribution in [2.24, 2.45) is 0 Å². The van der Waals surface area contributed by atoms with E-state index in [0.29, 0.717) is 19.7 Å². The number of imidazole rings is 1. The van der Waals surface area contributed by atoms with Gasteiger partial charge in [0.25, 0.3) is 0 Å². The molecule has 0 aliphatic carbocycles. The fraction of sp³-hybridized carbons (Fsp3) is 0.467. The zero-order chi connectivity index (χ0) is 14.1. The molecule has 1 aromatic heterocycles. The van der Waals surface area contributed by atoms with Crippen molar-refractivity contribution in [2.75, 3.05) is 19.7 Å². The summed E-state index contributed by atoms with van der Waals surface area (Å²) in [6, 6.07) is 6.25. The molecular weight excluding hydrogens is 254 g/mol. The topological polar surface area (TPSA) is 47.4 Å². The SMILES string of the molecule is CC(=O)N1CCOC(Cn2cnc3cc(C)ccc32)C1. The zero-order valence-corrected chi connectivity index (χ0v) is 11.9. The Morgan fingerprint density at radius 2 is 2.35 bits per heavy atom. The highest BCUT2D eigenvalue weighted by Gasteiger charge is 2.22. The summed E-state index contributed by atoms with van der Waals surface area (Å²) in [6.45, 7) is 6.35. The van der Waals surface area contributed by atoms with Gasteiger partial charge < -0.3 is 14.2 Å². The van der Waals surface area contributed by atoms with E-state index in [4.69, 9.17) is 4.74 Å². The van der Waals surface area contributed by atoms with Crippen LogP contribution in [0.15, 0.2) is 24.5 Å². The number of hydrogen-bond donors (Lipinski definition) is 0. The Morgan fingerprint density at radius 1 is 1.50 bits per heavy atom. The number of nitrogens with zero attached hydrogens (tertiary/aromatic N) is 3. The molecule has 0 radical (unpaired) electrons. The maximum absolute atomic E-state index is 11.4. The molecule has 20 heavy (non-hydrogen) atoms. The molecular formula is C15H19N3O2. The van der Waals surface area contributed by atoms with Gasteiger partial charge >= 0.3 is 0 Å². The largest absolute Gasteiger partial charge is 0.373 e. The van der Waals surface area contributed by atoms with Crippen LogP contribution in [0.1, 0.15) is 12.5 Å². The van der Waals surface area contributed by atoms with Gasteiger partial charge in [0.15, 0.2) is 0 Å². The molecule has 3 rings (SSSR count). The number of amides is 1. The standard InChI is InChI=1S/C15H19N3O2/c1-11-3-4-15-14(7-11)16-10-18(15)9-13-8-17(12(2)19)5-6-20-13/h3-4,7,10,13H,5-6,8-9H2,1-2H3. The minimum atomic E-state index is 0.0337. The lowest BCUT2D eigenvalue weighted by Gasteiger charge is -2.32. The highest BCUT2D eigenvalue weighted by molar-refractivity contribution is 5.76. The van der Waals surface area contributed by atoms with Crippen LogP contribution in [-0.4, -0.2) is 46.2 Å². The molecule has 5 heteroatoms. The Kier molecular flexibility index (Phi) is 3.44. The first-order valence-electron chi connectivity index (χ1n) is 6.92. The number of ether oxygens (including phenoxy) is 1. The summed E-state index contributed by atoms with van der Waals surface area (Å²) in [5.41, 5.74) is 3.32. The molecule has 1 unspecified atom stereocenters. The quantitative estimate of drug-likeness (QED) is 0.835. The van der Waals surface area contributed by atoms with Crippen molar-refractivity contribution >= 4 is 16.9 Å². The van der Waals surface area contributed by atoms with E-state index in [1.807, 2.05) is 11.2 Å². The van der Waals surface area contributed by atoms with Crippen LogP contribution in [0, 0.1) is 6.92 Å². The Bertz CT molecular complexity index is 635. The van der Waals surface area contributed by atoms with E-state index < -0.39 is 0 Å². The lowest BCUT2D eigenvalue weighted by molar-refractivity contribution is -0.136. The lowest BCUT2D eigenvalue weighted by atomic mass is 10.2. The molecule has 1 aliphatic rings. The predicted molar refractivity (Wildman–Crippen MR) is 76.5 cm³/mol. The summed E-state index contributed by atoms with van der Waals surface area (Å²) in [5.74, 6) is 0.115. The fourth-order valence-electron chi connectivity index (χ4n) is 2.65. The fourth-order valence-corrected chi connectivity index (χ4v) is 2.65.